The van der Waals surface area contributed by atoms with Crippen LogP contribution < -0.4 is 14.4 Å². The molecule has 2 amide bonds. The van der Waals surface area contributed by atoms with E-state index in [1.165, 1.54) is 86.5 Å². The highest BCUT2D eigenvalue weighted by molar-refractivity contribution is 7.92. The predicted molar refractivity (Wildman–Crippen MR) is 155 cm³/mol. The molecule has 0 saturated heterocycles. The average molecular weight is 601 g/mol. The molecular formula is C29H33FN4O7S. The Bertz CT molecular complexity index is 1530. The van der Waals surface area contributed by atoms with Crippen LogP contribution in [0, 0.1) is 22.9 Å². The third-order valence-corrected chi connectivity index (χ3v) is 8.36. The van der Waals surface area contributed by atoms with Gasteiger partial charge in [0.2, 0.25) is 11.8 Å². The lowest BCUT2D eigenvalue weighted by Crippen LogP contribution is -2.51. The number of rotatable bonds is 13. The van der Waals surface area contributed by atoms with E-state index in [9.17, 15) is 32.5 Å². The molecule has 1 N–H and O–H groups in total. The summed E-state index contributed by atoms with van der Waals surface area (Å²) >= 11 is 0. The molecule has 0 radical (unpaired) electrons. The number of carbonyl (C=O) groups is 2. The number of benzene rings is 3. The fourth-order valence-corrected chi connectivity index (χ4v) is 5.55. The molecule has 1 unspecified atom stereocenters. The second-order valence-corrected chi connectivity index (χ2v) is 11.4. The number of sulfonamides is 1. The van der Waals surface area contributed by atoms with Crippen LogP contribution in [0.2, 0.25) is 0 Å². The normalized spacial score (nSPS) is 11.8. The first-order valence-corrected chi connectivity index (χ1v) is 14.6. The fraction of sp³-hybridized carbons (Fsp3) is 0.310. The maximum absolute atomic E-state index is 14.0. The third-order valence-electron chi connectivity index (χ3n) is 6.59. The monoisotopic (exact) mass is 600 g/mol. The summed E-state index contributed by atoms with van der Waals surface area (Å²) in [6, 6.07) is 13.8. The highest BCUT2D eigenvalue weighted by Crippen LogP contribution is 2.29. The number of anilines is 1. The van der Waals surface area contributed by atoms with Crippen molar-refractivity contribution in [3.63, 3.8) is 0 Å². The number of nitrogens with one attached hydrogen (secondary N) is 1. The minimum atomic E-state index is -4.52. The predicted octanol–water partition coefficient (Wildman–Crippen LogP) is 4.19. The molecule has 0 fully saturated rings. The Labute approximate surface area is 244 Å². The Morgan fingerprint density at radius 2 is 1.71 bits per heavy atom. The molecule has 0 bridgehead atoms. The van der Waals surface area contributed by atoms with Gasteiger partial charge in [-0.3, -0.25) is 24.0 Å². The second kappa shape index (κ2) is 13.9. The molecule has 3 aromatic carbocycles. The number of amides is 2. The van der Waals surface area contributed by atoms with E-state index in [0.717, 1.165) is 10.4 Å². The summed E-state index contributed by atoms with van der Waals surface area (Å²) in [6.45, 7) is 4.41. The van der Waals surface area contributed by atoms with Crippen molar-refractivity contribution >= 4 is 33.2 Å². The zero-order valence-electron chi connectivity index (χ0n) is 23.7. The molecule has 0 saturated carbocycles. The molecule has 0 aliphatic heterocycles. The summed E-state index contributed by atoms with van der Waals surface area (Å²) in [6.07, 6.45) is 0.663. The van der Waals surface area contributed by atoms with E-state index in [4.69, 9.17) is 4.74 Å². The largest absolute Gasteiger partial charge is 0.497 e. The van der Waals surface area contributed by atoms with Crippen LogP contribution in [-0.4, -0.2) is 56.3 Å². The van der Waals surface area contributed by atoms with Crippen LogP contribution in [0.3, 0.4) is 0 Å². The van der Waals surface area contributed by atoms with Crippen LogP contribution in [0.15, 0.2) is 71.6 Å². The van der Waals surface area contributed by atoms with Crippen LogP contribution in [-0.2, 0) is 26.2 Å². The number of hydrogen-bond donors (Lipinski definition) is 1. The van der Waals surface area contributed by atoms with E-state index in [1.807, 2.05) is 6.92 Å². The Balaban J connectivity index is 2.08. The van der Waals surface area contributed by atoms with Gasteiger partial charge in [-0.25, -0.2) is 12.8 Å². The van der Waals surface area contributed by atoms with Gasteiger partial charge in [-0.15, -0.1) is 0 Å². The highest BCUT2D eigenvalue weighted by atomic mass is 32.2. The number of ether oxygens (including phenoxy) is 1. The van der Waals surface area contributed by atoms with E-state index in [1.54, 1.807) is 0 Å². The number of hydrogen-bond acceptors (Lipinski definition) is 7. The van der Waals surface area contributed by atoms with Crippen molar-refractivity contribution in [3.8, 4) is 5.75 Å². The average Bonchev–Trinajstić information content (AvgIpc) is 2.97. The van der Waals surface area contributed by atoms with Gasteiger partial charge in [-0.2, -0.15) is 0 Å². The summed E-state index contributed by atoms with van der Waals surface area (Å²) in [7, 11) is -3.08. The number of aryl methyl sites for hydroxylation is 1. The molecule has 3 rings (SSSR count). The Kier molecular flexibility index (Phi) is 10.6. The number of nitrogens with zero attached hydrogens (tertiary/aromatic N) is 3. The van der Waals surface area contributed by atoms with E-state index < -0.39 is 50.9 Å². The summed E-state index contributed by atoms with van der Waals surface area (Å²) in [5.41, 5.74) is 0.491. The number of methoxy groups -OCH3 is 1. The zero-order chi connectivity index (χ0) is 31.0. The van der Waals surface area contributed by atoms with Crippen LogP contribution in [0.1, 0.15) is 31.4 Å². The molecule has 224 valence electrons. The highest BCUT2D eigenvalue weighted by Gasteiger charge is 2.33. The van der Waals surface area contributed by atoms with Gasteiger partial charge < -0.3 is 15.0 Å². The van der Waals surface area contributed by atoms with Gasteiger partial charge in [0.1, 0.15) is 24.2 Å². The van der Waals surface area contributed by atoms with E-state index in [2.05, 4.69) is 5.32 Å². The molecule has 0 spiro atoms. The van der Waals surface area contributed by atoms with E-state index in [0.29, 0.717) is 24.3 Å². The summed E-state index contributed by atoms with van der Waals surface area (Å²) in [5.74, 6) is -1.21. The topological polar surface area (TPSA) is 139 Å². The van der Waals surface area contributed by atoms with Crippen molar-refractivity contribution in [1.82, 2.24) is 10.2 Å². The van der Waals surface area contributed by atoms with Gasteiger partial charge in [0.25, 0.3) is 15.7 Å². The molecule has 0 aliphatic rings. The second-order valence-electron chi connectivity index (χ2n) is 9.53. The van der Waals surface area contributed by atoms with Crippen molar-refractivity contribution in [2.45, 2.75) is 44.7 Å². The summed E-state index contributed by atoms with van der Waals surface area (Å²) < 4.78 is 47.5. The van der Waals surface area contributed by atoms with Gasteiger partial charge in [0.15, 0.2) is 0 Å². The van der Waals surface area contributed by atoms with Gasteiger partial charge in [0, 0.05) is 24.7 Å². The van der Waals surface area contributed by atoms with E-state index in [-0.39, 0.29) is 22.7 Å². The lowest BCUT2D eigenvalue weighted by Gasteiger charge is -2.32. The Morgan fingerprint density at radius 1 is 1.07 bits per heavy atom. The third kappa shape index (κ3) is 7.60. The quantitative estimate of drug-likeness (QED) is 0.229. The van der Waals surface area contributed by atoms with Gasteiger partial charge in [-0.1, -0.05) is 25.1 Å². The molecular weight excluding hydrogens is 567 g/mol. The number of carbonyl (C=O) groups excluding carboxylic acids is 2. The van der Waals surface area contributed by atoms with Gasteiger partial charge in [0.05, 0.1) is 22.6 Å². The minimum Gasteiger partial charge on any atom is -0.497 e. The fourth-order valence-electron chi connectivity index (χ4n) is 4.12. The first-order valence-electron chi connectivity index (χ1n) is 13.1. The van der Waals surface area contributed by atoms with Crippen molar-refractivity contribution < 1.29 is 32.1 Å². The number of nitro groups is 1. The van der Waals surface area contributed by atoms with Gasteiger partial charge in [-0.05, 0) is 68.3 Å². The maximum Gasteiger partial charge on any atom is 0.273 e. The van der Waals surface area contributed by atoms with Crippen LogP contribution in [0.4, 0.5) is 15.8 Å². The Morgan fingerprint density at radius 3 is 2.29 bits per heavy atom. The smallest absolute Gasteiger partial charge is 0.273 e. The molecule has 0 heterocycles. The lowest BCUT2D eigenvalue weighted by molar-refractivity contribution is -0.385. The van der Waals surface area contributed by atoms with Crippen molar-refractivity contribution in [2.75, 3.05) is 24.5 Å². The lowest BCUT2D eigenvalue weighted by atomic mass is 10.1. The van der Waals surface area contributed by atoms with Crippen LogP contribution in [0.25, 0.3) is 0 Å². The first kappa shape index (κ1) is 32.0. The zero-order valence-corrected chi connectivity index (χ0v) is 24.6. The molecule has 11 nitrogen and oxygen atoms in total. The molecule has 42 heavy (non-hydrogen) atoms. The molecule has 13 heteroatoms. The molecule has 3 aromatic rings. The summed E-state index contributed by atoms with van der Waals surface area (Å²) in [5, 5.41) is 14.3. The number of nitro benzene ring substituents is 1. The van der Waals surface area contributed by atoms with E-state index >= 15 is 0 Å². The standard InChI is InChI=1S/C29H33FN4O7S/c1-5-16-31-29(36)21(3)32(18-22-7-9-23(30)10-8-22)28(35)19-33(24-11-13-25(41-4)14-12-24)42(39,40)26-15-6-20(2)27(17-26)34(37)38/h6-15,17,21H,5,16,18-19H2,1-4H3,(H,31,36). The minimum absolute atomic E-state index is 0.0946. The summed E-state index contributed by atoms with van der Waals surface area (Å²) in [4.78, 5) is 38.5. The molecule has 0 aliphatic carbocycles. The van der Waals surface area contributed by atoms with Crippen LogP contribution >= 0.6 is 0 Å². The number of halogens is 1. The van der Waals surface area contributed by atoms with Gasteiger partial charge >= 0.3 is 0 Å². The molecule has 1 atom stereocenters. The van der Waals surface area contributed by atoms with Crippen molar-refractivity contribution in [3.05, 3.63) is 93.8 Å². The van der Waals surface area contributed by atoms with Crippen molar-refractivity contribution in [1.29, 1.82) is 0 Å². The van der Waals surface area contributed by atoms with Crippen LogP contribution in [0.5, 0.6) is 5.75 Å². The Hall–Kier alpha value is -4.52. The SMILES string of the molecule is CCCNC(=O)C(C)N(Cc1ccc(F)cc1)C(=O)CN(c1ccc(OC)cc1)S(=O)(=O)c1ccc(C)c([N+](=O)[O-])c1. The maximum atomic E-state index is 14.0. The first-order chi connectivity index (χ1) is 19.9. The van der Waals surface area contributed by atoms with Crippen molar-refractivity contribution in [2.24, 2.45) is 0 Å². The molecule has 0 aromatic heterocycles.